The molecule has 4 nitrogen and oxygen atoms in total. The summed E-state index contributed by atoms with van der Waals surface area (Å²) in [5.74, 6) is -0.741. The van der Waals surface area contributed by atoms with Crippen LogP contribution < -0.4 is 0 Å². The third-order valence-corrected chi connectivity index (χ3v) is 1.89. The van der Waals surface area contributed by atoms with E-state index in [-0.39, 0.29) is 12.2 Å². The minimum atomic E-state index is -0.512. The van der Waals surface area contributed by atoms with E-state index in [0.29, 0.717) is 5.56 Å². The van der Waals surface area contributed by atoms with Gasteiger partial charge in [-0.2, -0.15) is 0 Å². The van der Waals surface area contributed by atoms with Crippen LogP contribution in [0.3, 0.4) is 0 Å². The third-order valence-electron chi connectivity index (χ3n) is 1.57. The van der Waals surface area contributed by atoms with Crippen LogP contribution in [0.25, 0.3) is 0 Å². The van der Waals surface area contributed by atoms with Gasteiger partial charge in [-0.1, -0.05) is 0 Å². The average Bonchev–Trinajstić information content (AvgIpc) is 2.51. The van der Waals surface area contributed by atoms with E-state index in [9.17, 15) is 9.59 Å². The van der Waals surface area contributed by atoms with E-state index < -0.39 is 5.97 Å². The van der Waals surface area contributed by atoms with Crippen molar-refractivity contribution in [3.8, 4) is 0 Å². The molecule has 0 aliphatic carbocycles. The van der Waals surface area contributed by atoms with Gasteiger partial charge in [-0.05, 0) is 15.5 Å². The van der Waals surface area contributed by atoms with Crippen LogP contribution in [0.1, 0.15) is 16.8 Å². The highest BCUT2D eigenvalue weighted by Gasteiger charge is 2.12. The van der Waals surface area contributed by atoms with Crippen LogP contribution in [-0.2, 0) is 9.53 Å². The molecule has 0 bridgehead atoms. The van der Waals surface area contributed by atoms with E-state index in [1.165, 1.54) is 7.11 Å². The molecule has 1 unspecified atom stereocenters. The van der Waals surface area contributed by atoms with Crippen molar-refractivity contribution in [2.75, 3.05) is 7.11 Å². The van der Waals surface area contributed by atoms with E-state index in [2.05, 4.69) is 14.1 Å². The van der Waals surface area contributed by atoms with Crippen molar-refractivity contribution in [2.45, 2.75) is 6.42 Å². The van der Waals surface area contributed by atoms with Gasteiger partial charge in [-0.25, -0.2) is 0 Å². The number of ketones is 1. The first-order chi connectivity index (χ1) is 6.13. The lowest BCUT2D eigenvalue weighted by molar-refractivity contribution is -0.139. The molecule has 1 rings (SSSR count). The number of carbonyl (C=O) groups excluding carboxylic acids is 2. The maximum absolute atomic E-state index is 11.3. The van der Waals surface area contributed by atoms with Gasteiger partial charge < -0.3 is 9.07 Å². The molecule has 1 atom stereocenters. The van der Waals surface area contributed by atoms with E-state index in [0.717, 1.165) is 0 Å². The largest absolute Gasteiger partial charge is 0.469 e. The summed E-state index contributed by atoms with van der Waals surface area (Å²) < 4.78 is 6.05. The summed E-state index contributed by atoms with van der Waals surface area (Å²) >= 11 is 0. The van der Waals surface area contributed by atoms with Gasteiger partial charge in [0.2, 0.25) is 0 Å². The molecule has 0 fully saturated rings. The second-order valence-corrected chi connectivity index (χ2v) is 3.12. The van der Waals surface area contributed by atoms with Gasteiger partial charge in [0.1, 0.15) is 6.42 Å². The number of rotatable bonds is 3. The Kier molecular flexibility index (Phi) is 3.20. The van der Waals surface area contributed by atoms with Crippen molar-refractivity contribution in [1.82, 2.24) is 4.34 Å². The maximum atomic E-state index is 11.3. The number of hydrogen-bond acceptors (Lipinski definition) is 3. The predicted molar refractivity (Wildman–Crippen MR) is 50.5 cm³/mol. The van der Waals surface area contributed by atoms with Gasteiger partial charge in [-0.3, -0.25) is 9.59 Å². The van der Waals surface area contributed by atoms with Gasteiger partial charge in [-0.15, -0.1) is 0 Å². The fourth-order valence-electron chi connectivity index (χ4n) is 0.883. The number of Topliss-reactive ketones (excluding diaryl/α,β-unsaturated/α-hetero) is 1. The smallest absolute Gasteiger partial charge is 0.313 e. The molecule has 70 valence electrons. The van der Waals surface area contributed by atoms with Gasteiger partial charge >= 0.3 is 5.97 Å². The summed E-state index contributed by atoms with van der Waals surface area (Å²) in [5.41, 5.74) is 0.514. The monoisotopic (exact) mass is 199 g/mol. The molecule has 1 aromatic heterocycles. The Morgan fingerprint density at radius 2 is 2.31 bits per heavy atom. The van der Waals surface area contributed by atoms with Crippen molar-refractivity contribution < 1.29 is 14.3 Å². The molecule has 1 heterocycles. The van der Waals surface area contributed by atoms with E-state index in [4.69, 9.17) is 0 Å². The molecule has 13 heavy (non-hydrogen) atoms. The predicted octanol–water partition coefficient (Wildman–Crippen LogP) is 0.872. The zero-order valence-corrected chi connectivity index (χ0v) is 8.34. The first kappa shape index (κ1) is 9.93. The van der Waals surface area contributed by atoms with E-state index >= 15 is 0 Å². The van der Waals surface area contributed by atoms with E-state index in [1.54, 1.807) is 22.8 Å². The highest BCUT2D eigenvalue weighted by molar-refractivity contribution is 7.14. The lowest BCUT2D eigenvalue weighted by Crippen LogP contribution is -2.08. The highest BCUT2D eigenvalue weighted by Crippen LogP contribution is 2.07. The number of carbonyl (C=O) groups is 2. The first-order valence-electron chi connectivity index (χ1n) is 3.66. The molecule has 0 amide bonds. The fraction of sp³-hybridized carbons (Fsp3) is 0.250. The summed E-state index contributed by atoms with van der Waals surface area (Å²) in [6.45, 7) is 0. The maximum Gasteiger partial charge on any atom is 0.313 e. The Morgan fingerprint density at radius 3 is 2.77 bits per heavy atom. The number of methoxy groups -OCH3 is 1. The molecule has 0 radical (unpaired) electrons. The molecule has 0 aromatic carbocycles. The lowest BCUT2D eigenvalue weighted by Gasteiger charge is -1.95. The van der Waals surface area contributed by atoms with Gasteiger partial charge in [0.25, 0.3) is 0 Å². The number of esters is 1. The molecule has 0 saturated heterocycles. The molecular formula is C8H10NO3P. The minimum absolute atomic E-state index is 0.203. The van der Waals surface area contributed by atoms with Crippen molar-refractivity contribution in [3.63, 3.8) is 0 Å². The average molecular weight is 199 g/mol. The van der Waals surface area contributed by atoms with Crippen molar-refractivity contribution in [2.24, 2.45) is 0 Å². The highest BCUT2D eigenvalue weighted by atomic mass is 31.0. The fourth-order valence-corrected chi connectivity index (χ4v) is 1.13. The van der Waals surface area contributed by atoms with Crippen LogP contribution in [0.15, 0.2) is 18.5 Å². The zero-order valence-electron chi connectivity index (χ0n) is 7.19. The second-order valence-electron chi connectivity index (χ2n) is 2.52. The first-order valence-corrected chi connectivity index (χ1v) is 4.18. The molecule has 0 spiro atoms. The second kappa shape index (κ2) is 4.19. The van der Waals surface area contributed by atoms with Gasteiger partial charge in [0.15, 0.2) is 5.78 Å². The molecular weight excluding hydrogens is 189 g/mol. The number of aromatic nitrogens is 1. The number of hydrogen-bond donors (Lipinski definition) is 0. The SMILES string of the molecule is COC(=O)CC(=O)c1ccn(P)c1. The zero-order chi connectivity index (χ0) is 9.84. The Labute approximate surface area is 78.1 Å². The Balaban J connectivity index is 2.64. The Hall–Kier alpha value is -1.15. The molecule has 5 heteroatoms. The minimum Gasteiger partial charge on any atom is -0.469 e. The van der Waals surface area contributed by atoms with Crippen LogP contribution in [0, 0.1) is 0 Å². The van der Waals surface area contributed by atoms with Crippen LogP contribution in [0.4, 0.5) is 0 Å². The van der Waals surface area contributed by atoms with Gasteiger partial charge in [0, 0.05) is 18.0 Å². The van der Waals surface area contributed by atoms with E-state index in [1.807, 2.05) is 0 Å². The number of ether oxygens (including phenoxy) is 1. The third kappa shape index (κ3) is 2.67. The number of nitrogens with zero attached hydrogens (tertiary/aromatic N) is 1. The van der Waals surface area contributed by atoms with Crippen molar-refractivity contribution >= 4 is 21.1 Å². The molecule has 0 saturated carbocycles. The molecule has 0 aliphatic rings. The topological polar surface area (TPSA) is 48.3 Å². The van der Waals surface area contributed by atoms with Crippen molar-refractivity contribution in [3.05, 3.63) is 24.0 Å². The summed E-state index contributed by atoms with van der Waals surface area (Å²) in [6, 6.07) is 1.65. The Morgan fingerprint density at radius 1 is 1.62 bits per heavy atom. The summed E-state index contributed by atoms with van der Waals surface area (Å²) in [6.07, 6.45) is 3.15. The lowest BCUT2D eigenvalue weighted by atomic mass is 10.2. The molecule has 1 aromatic rings. The van der Waals surface area contributed by atoms with Crippen LogP contribution >= 0.6 is 9.39 Å². The molecule has 0 aliphatic heterocycles. The quantitative estimate of drug-likeness (QED) is 0.314. The summed E-state index contributed by atoms with van der Waals surface area (Å²) in [7, 11) is 3.66. The van der Waals surface area contributed by atoms with Gasteiger partial charge in [0.05, 0.1) is 7.11 Å². The van der Waals surface area contributed by atoms with Crippen LogP contribution in [0.2, 0.25) is 0 Å². The van der Waals surface area contributed by atoms with Crippen molar-refractivity contribution in [1.29, 1.82) is 0 Å². The van der Waals surface area contributed by atoms with Crippen LogP contribution in [-0.4, -0.2) is 23.2 Å². The molecule has 0 N–H and O–H groups in total. The summed E-state index contributed by atoms with van der Waals surface area (Å²) in [5, 5.41) is 0. The van der Waals surface area contributed by atoms with Crippen LogP contribution in [0.5, 0.6) is 0 Å². The Bertz CT molecular complexity index is 332. The summed E-state index contributed by atoms with van der Waals surface area (Å²) in [4.78, 5) is 22.1. The standard InChI is InChI=1S/C8H10NO3P/c1-12-8(11)4-7(10)6-2-3-9(13)5-6/h2-3,5H,4,13H2,1H3. The normalized spacial score (nSPS) is 9.69.